The van der Waals surface area contributed by atoms with Gasteiger partial charge in [-0.3, -0.25) is 0 Å². The van der Waals surface area contributed by atoms with Crippen LogP contribution in [0.2, 0.25) is 0 Å². The second-order valence-electron chi connectivity index (χ2n) is 5.75. The van der Waals surface area contributed by atoms with E-state index in [9.17, 15) is 0 Å². The van der Waals surface area contributed by atoms with Crippen molar-refractivity contribution < 1.29 is 0 Å². The molecule has 0 aliphatic heterocycles. The fraction of sp³-hybridized carbons (Fsp3) is 0.500. The van der Waals surface area contributed by atoms with Gasteiger partial charge < -0.3 is 0 Å². The molecule has 0 amide bonds. The monoisotopic (exact) mass is 210 g/mol. The van der Waals surface area contributed by atoms with Crippen molar-refractivity contribution in [1.29, 1.82) is 0 Å². The number of hydrogen-bond donors (Lipinski definition) is 0. The first-order valence-corrected chi connectivity index (χ1v) is 6.69. The molecule has 0 heterocycles. The van der Waals surface area contributed by atoms with Gasteiger partial charge in [-0.05, 0) is 61.0 Å². The second kappa shape index (κ2) is 3.23. The summed E-state index contributed by atoms with van der Waals surface area (Å²) in [5.41, 5.74) is 5.05. The van der Waals surface area contributed by atoms with Gasteiger partial charge in [0, 0.05) is 0 Å². The molecule has 3 atom stereocenters. The van der Waals surface area contributed by atoms with E-state index in [4.69, 9.17) is 0 Å². The van der Waals surface area contributed by atoms with Crippen LogP contribution in [0.15, 0.2) is 35.9 Å². The topological polar surface area (TPSA) is 0 Å². The van der Waals surface area contributed by atoms with E-state index in [1.165, 1.54) is 32.1 Å². The van der Waals surface area contributed by atoms with Crippen LogP contribution in [0, 0.1) is 11.8 Å². The van der Waals surface area contributed by atoms with E-state index < -0.39 is 0 Å². The molecule has 0 heteroatoms. The van der Waals surface area contributed by atoms with Gasteiger partial charge in [0.05, 0.1) is 0 Å². The molecule has 3 unspecified atom stereocenters. The average Bonchev–Trinajstić information content (AvgIpc) is 3.03. The lowest BCUT2D eigenvalue weighted by Crippen LogP contribution is -2.15. The molecule has 3 aliphatic carbocycles. The molecule has 0 aromatic heterocycles. The summed E-state index contributed by atoms with van der Waals surface area (Å²) in [6, 6.07) is 9.12. The van der Waals surface area contributed by atoms with E-state index in [1.807, 2.05) is 0 Å². The summed E-state index contributed by atoms with van der Waals surface area (Å²) >= 11 is 0. The largest absolute Gasteiger partial charge is 0.0813 e. The maximum absolute atomic E-state index is 2.63. The molecule has 1 fully saturated rings. The maximum atomic E-state index is 2.63. The van der Waals surface area contributed by atoms with Crippen LogP contribution in [0.4, 0.5) is 0 Å². The number of aryl methyl sites for hydroxylation is 1. The molecule has 1 saturated carbocycles. The Morgan fingerprint density at radius 1 is 1.00 bits per heavy atom. The fourth-order valence-electron chi connectivity index (χ4n) is 4.23. The van der Waals surface area contributed by atoms with Gasteiger partial charge in [0.1, 0.15) is 0 Å². The minimum atomic E-state index is 0.846. The molecule has 0 spiro atoms. The normalized spacial score (nSPS) is 35.2. The quantitative estimate of drug-likeness (QED) is 0.613. The standard InChI is InChI=1S/C16H18/c1-2-4-14-12(3-1)7-8-15(14)16-10-11-5-6-13(16)9-11/h1-4,10,13,15-16H,5-9H2. The average molecular weight is 210 g/mol. The number of hydrogen-bond acceptors (Lipinski definition) is 0. The van der Waals surface area contributed by atoms with Gasteiger partial charge in [0.15, 0.2) is 0 Å². The minimum Gasteiger partial charge on any atom is -0.0813 e. The number of benzene rings is 1. The summed E-state index contributed by atoms with van der Waals surface area (Å²) in [5.74, 6) is 2.72. The molecule has 1 aromatic carbocycles. The predicted octanol–water partition coefficient (Wildman–Crippen LogP) is 4.07. The Bertz CT molecular complexity index is 455. The van der Waals surface area contributed by atoms with Crippen LogP contribution < -0.4 is 0 Å². The Morgan fingerprint density at radius 2 is 1.94 bits per heavy atom. The van der Waals surface area contributed by atoms with Gasteiger partial charge >= 0.3 is 0 Å². The Kier molecular flexibility index (Phi) is 1.82. The molecular weight excluding hydrogens is 192 g/mol. The van der Waals surface area contributed by atoms with Crippen LogP contribution in [0.1, 0.15) is 42.7 Å². The molecule has 1 aromatic rings. The van der Waals surface area contributed by atoms with Crippen LogP contribution >= 0.6 is 0 Å². The summed E-state index contributed by atoms with van der Waals surface area (Å²) in [4.78, 5) is 0. The third-order valence-corrected chi connectivity index (χ3v) is 4.98. The van der Waals surface area contributed by atoms with E-state index in [0.29, 0.717) is 0 Å². The van der Waals surface area contributed by atoms with E-state index in [1.54, 1.807) is 16.7 Å². The Hall–Kier alpha value is -1.04. The molecule has 0 radical (unpaired) electrons. The van der Waals surface area contributed by atoms with Gasteiger partial charge in [-0.15, -0.1) is 0 Å². The van der Waals surface area contributed by atoms with Crippen LogP contribution in [0.5, 0.6) is 0 Å². The first-order valence-electron chi connectivity index (χ1n) is 6.69. The zero-order chi connectivity index (χ0) is 10.5. The number of rotatable bonds is 1. The summed E-state index contributed by atoms with van der Waals surface area (Å²) in [5, 5.41) is 0. The minimum absolute atomic E-state index is 0.846. The number of fused-ring (bicyclic) bond motifs is 3. The van der Waals surface area contributed by atoms with Crippen molar-refractivity contribution in [2.75, 3.05) is 0 Å². The maximum Gasteiger partial charge on any atom is -0.00902 e. The summed E-state index contributed by atoms with van der Waals surface area (Å²) in [7, 11) is 0. The van der Waals surface area contributed by atoms with E-state index in [0.717, 1.165) is 17.8 Å². The first kappa shape index (κ1) is 9.04. The molecule has 0 N–H and O–H groups in total. The molecular formula is C16H18. The smallest absolute Gasteiger partial charge is 0.00902 e. The van der Waals surface area contributed by atoms with E-state index in [2.05, 4.69) is 30.3 Å². The lowest BCUT2D eigenvalue weighted by atomic mass is 9.79. The van der Waals surface area contributed by atoms with Crippen LogP contribution in [-0.4, -0.2) is 0 Å². The Labute approximate surface area is 97.4 Å². The van der Waals surface area contributed by atoms with Gasteiger partial charge in [-0.2, -0.15) is 0 Å². The molecule has 3 aliphatic rings. The zero-order valence-corrected chi connectivity index (χ0v) is 9.65. The second-order valence-corrected chi connectivity index (χ2v) is 5.75. The molecule has 82 valence electrons. The highest BCUT2D eigenvalue weighted by atomic mass is 14.4. The number of allylic oxidation sites excluding steroid dienone is 2. The molecule has 16 heavy (non-hydrogen) atoms. The van der Waals surface area contributed by atoms with E-state index >= 15 is 0 Å². The zero-order valence-electron chi connectivity index (χ0n) is 9.65. The van der Waals surface area contributed by atoms with Crippen LogP contribution in [-0.2, 0) is 6.42 Å². The Morgan fingerprint density at radius 3 is 2.75 bits per heavy atom. The van der Waals surface area contributed by atoms with Crippen LogP contribution in [0.25, 0.3) is 0 Å². The summed E-state index contributed by atoms with van der Waals surface area (Å²) in [6.07, 6.45) is 9.62. The highest BCUT2D eigenvalue weighted by molar-refractivity contribution is 5.38. The summed E-state index contributed by atoms with van der Waals surface area (Å²) < 4.78 is 0. The highest BCUT2D eigenvalue weighted by Crippen LogP contribution is 2.52. The third-order valence-electron chi connectivity index (χ3n) is 4.98. The lowest BCUT2D eigenvalue weighted by Gasteiger charge is -2.25. The van der Waals surface area contributed by atoms with Gasteiger partial charge in [0.2, 0.25) is 0 Å². The van der Waals surface area contributed by atoms with Gasteiger partial charge in [-0.1, -0.05) is 35.9 Å². The first-order chi connectivity index (χ1) is 7.92. The van der Waals surface area contributed by atoms with Crippen molar-refractivity contribution in [3.8, 4) is 0 Å². The van der Waals surface area contributed by atoms with Crippen molar-refractivity contribution in [2.45, 2.75) is 38.0 Å². The lowest BCUT2D eigenvalue weighted by molar-refractivity contribution is 0.357. The fourth-order valence-corrected chi connectivity index (χ4v) is 4.23. The van der Waals surface area contributed by atoms with Crippen molar-refractivity contribution in [1.82, 2.24) is 0 Å². The molecule has 2 bridgehead atoms. The summed E-state index contributed by atoms with van der Waals surface area (Å²) in [6.45, 7) is 0. The highest BCUT2D eigenvalue weighted by Gasteiger charge is 2.39. The third kappa shape index (κ3) is 1.16. The SMILES string of the molecule is C1=C2CCC(C2)C1C1CCc2ccccc21. The van der Waals surface area contributed by atoms with Gasteiger partial charge in [-0.25, -0.2) is 0 Å². The van der Waals surface area contributed by atoms with E-state index in [-0.39, 0.29) is 0 Å². The van der Waals surface area contributed by atoms with Crippen LogP contribution in [0.3, 0.4) is 0 Å². The van der Waals surface area contributed by atoms with Crippen molar-refractivity contribution >= 4 is 0 Å². The molecule has 0 saturated heterocycles. The Balaban J connectivity index is 1.71. The van der Waals surface area contributed by atoms with Crippen molar-refractivity contribution in [3.05, 3.63) is 47.0 Å². The van der Waals surface area contributed by atoms with Crippen molar-refractivity contribution in [3.63, 3.8) is 0 Å². The predicted molar refractivity (Wildman–Crippen MR) is 66.4 cm³/mol. The molecule has 0 nitrogen and oxygen atoms in total. The van der Waals surface area contributed by atoms with Gasteiger partial charge in [0.25, 0.3) is 0 Å². The molecule has 4 rings (SSSR count). The van der Waals surface area contributed by atoms with Crippen molar-refractivity contribution in [2.24, 2.45) is 11.8 Å².